The maximum atomic E-state index is 14.2. The molecule has 2 aromatic rings. The molecule has 0 radical (unpaired) electrons. The van der Waals surface area contributed by atoms with Crippen LogP contribution in [0.4, 0.5) is 4.39 Å². The summed E-state index contributed by atoms with van der Waals surface area (Å²) in [6.45, 7) is 7.80. The van der Waals surface area contributed by atoms with Crippen LogP contribution < -0.4 is 5.32 Å². The summed E-state index contributed by atoms with van der Waals surface area (Å²) >= 11 is 6.10. The van der Waals surface area contributed by atoms with E-state index in [0.717, 1.165) is 17.5 Å². The first-order chi connectivity index (χ1) is 13.7. The number of rotatable bonds is 8. The van der Waals surface area contributed by atoms with Gasteiger partial charge in [0.25, 0.3) is 0 Å². The highest BCUT2D eigenvalue weighted by atomic mass is 35.5. The summed E-state index contributed by atoms with van der Waals surface area (Å²) in [6, 6.07) is 11.4. The number of hydrogen-bond donors (Lipinski definition) is 1. The van der Waals surface area contributed by atoms with Gasteiger partial charge in [-0.15, -0.1) is 0 Å². The lowest BCUT2D eigenvalue weighted by molar-refractivity contribution is -0.140. The van der Waals surface area contributed by atoms with Gasteiger partial charge >= 0.3 is 0 Å². The molecule has 2 unspecified atom stereocenters. The van der Waals surface area contributed by atoms with Gasteiger partial charge in [0.05, 0.1) is 6.42 Å². The molecule has 1 N–H and O–H groups in total. The molecule has 4 nitrogen and oxygen atoms in total. The molecule has 156 valence electrons. The Bertz CT molecular complexity index is 851. The Morgan fingerprint density at radius 3 is 2.48 bits per heavy atom. The van der Waals surface area contributed by atoms with E-state index < -0.39 is 11.9 Å². The van der Waals surface area contributed by atoms with Crippen LogP contribution in [0.25, 0.3) is 0 Å². The normalized spacial score (nSPS) is 12.9. The molecule has 0 saturated heterocycles. The second kappa shape index (κ2) is 10.4. The first kappa shape index (κ1) is 22.9. The number of carbonyl (C=O) groups is 2. The molecular formula is C23H28ClFN2O2. The predicted molar refractivity (Wildman–Crippen MR) is 114 cm³/mol. The minimum absolute atomic E-state index is 0.00174. The lowest BCUT2D eigenvalue weighted by atomic mass is 10.1. The quantitative estimate of drug-likeness (QED) is 0.677. The van der Waals surface area contributed by atoms with Gasteiger partial charge in [0.2, 0.25) is 11.8 Å². The van der Waals surface area contributed by atoms with Crippen molar-refractivity contribution >= 4 is 23.4 Å². The zero-order valence-electron chi connectivity index (χ0n) is 17.3. The maximum Gasteiger partial charge on any atom is 0.242 e. The predicted octanol–water partition coefficient (Wildman–Crippen LogP) is 4.66. The summed E-state index contributed by atoms with van der Waals surface area (Å²) in [4.78, 5) is 27.3. The molecule has 0 aliphatic heterocycles. The highest BCUT2D eigenvalue weighted by Gasteiger charge is 2.28. The molecule has 0 spiro atoms. The Labute approximate surface area is 177 Å². The summed E-state index contributed by atoms with van der Waals surface area (Å²) in [5.41, 5.74) is 2.10. The van der Waals surface area contributed by atoms with E-state index >= 15 is 0 Å². The monoisotopic (exact) mass is 418 g/mol. The van der Waals surface area contributed by atoms with Crippen molar-refractivity contribution in [1.82, 2.24) is 10.2 Å². The van der Waals surface area contributed by atoms with Crippen LogP contribution in [0, 0.1) is 12.7 Å². The molecule has 2 aromatic carbocycles. The number of halogens is 2. The second-order valence-corrected chi connectivity index (χ2v) is 7.79. The van der Waals surface area contributed by atoms with Gasteiger partial charge in [0.1, 0.15) is 11.9 Å². The Balaban J connectivity index is 2.29. The Kier molecular flexibility index (Phi) is 8.21. The third-order valence-corrected chi connectivity index (χ3v) is 5.35. The smallest absolute Gasteiger partial charge is 0.242 e. The number of aryl methyl sites for hydroxylation is 1. The van der Waals surface area contributed by atoms with E-state index in [0.29, 0.717) is 0 Å². The van der Waals surface area contributed by atoms with Crippen LogP contribution >= 0.6 is 11.6 Å². The van der Waals surface area contributed by atoms with Gasteiger partial charge < -0.3 is 10.2 Å². The van der Waals surface area contributed by atoms with E-state index in [1.807, 2.05) is 45.0 Å². The lowest BCUT2D eigenvalue weighted by Gasteiger charge is -2.30. The highest BCUT2D eigenvalue weighted by molar-refractivity contribution is 6.31. The molecular weight excluding hydrogens is 391 g/mol. The van der Waals surface area contributed by atoms with Crippen molar-refractivity contribution in [2.75, 3.05) is 0 Å². The van der Waals surface area contributed by atoms with Gasteiger partial charge in [0.15, 0.2) is 0 Å². The average molecular weight is 419 g/mol. The summed E-state index contributed by atoms with van der Waals surface area (Å²) in [5.74, 6) is -1.12. The van der Waals surface area contributed by atoms with Gasteiger partial charge in [-0.1, -0.05) is 54.4 Å². The van der Waals surface area contributed by atoms with E-state index in [-0.39, 0.29) is 41.4 Å². The SMILES string of the molecule is CCC(C)NC(=O)C(C)N(Cc1cccc(C)c1)C(=O)Cc1c(F)cccc1Cl. The molecule has 0 bridgehead atoms. The molecule has 0 saturated carbocycles. The van der Waals surface area contributed by atoms with Gasteiger partial charge in [-0.2, -0.15) is 0 Å². The molecule has 2 atom stereocenters. The molecule has 29 heavy (non-hydrogen) atoms. The van der Waals surface area contributed by atoms with Crippen LogP contribution in [-0.2, 0) is 22.6 Å². The van der Waals surface area contributed by atoms with E-state index in [2.05, 4.69) is 5.32 Å². The van der Waals surface area contributed by atoms with Crippen molar-refractivity contribution in [3.05, 3.63) is 70.0 Å². The van der Waals surface area contributed by atoms with Crippen molar-refractivity contribution in [1.29, 1.82) is 0 Å². The first-order valence-electron chi connectivity index (χ1n) is 9.81. The van der Waals surface area contributed by atoms with Crippen LogP contribution in [0.5, 0.6) is 0 Å². The third kappa shape index (κ3) is 6.29. The molecule has 6 heteroatoms. The topological polar surface area (TPSA) is 49.4 Å². The average Bonchev–Trinajstić information content (AvgIpc) is 2.68. The molecule has 0 fully saturated rings. The van der Waals surface area contributed by atoms with Gasteiger partial charge in [-0.25, -0.2) is 4.39 Å². The molecule has 0 aliphatic rings. The molecule has 0 heterocycles. The zero-order chi connectivity index (χ0) is 21.6. The molecule has 2 rings (SSSR count). The van der Waals surface area contributed by atoms with Crippen molar-refractivity contribution in [2.45, 2.75) is 59.2 Å². The third-order valence-electron chi connectivity index (χ3n) is 4.99. The second-order valence-electron chi connectivity index (χ2n) is 7.38. The van der Waals surface area contributed by atoms with Crippen LogP contribution in [0.15, 0.2) is 42.5 Å². The Morgan fingerprint density at radius 2 is 1.86 bits per heavy atom. The fourth-order valence-corrected chi connectivity index (χ4v) is 3.24. The van der Waals surface area contributed by atoms with Crippen molar-refractivity contribution in [3.63, 3.8) is 0 Å². The van der Waals surface area contributed by atoms with Crippen molar-refractivity contribution in [3.8, 4) is 0 Å². The summed E-state index contributed by atoms with van der Waals surface area (Å²) in [7, 11) is 0. The van der Waals surface area contributed by atoms with Gasteiger partial charge in [-0.05, 0) is 44.9 Å². The zero-order valence-corrected chi connectivity index (χ0v) is 18.1. The number of benzene rings is 2. The van der Waals surface area contributed by atoms with E-state index in [1.54, 1.807) is 13.0 Å². The first-order valence-corrected chi connectivity index (χ1v) is 10.2. The molecule has 2 amide bonds. The lowest BCUT2D eigenvalue weighted by Crippen LogP contribution is -2.50. The molecule has 0 aliphatic carbocycles. The number of hydrogen-bond acceptors (Lipinski definition) is 2. The van der Waals surface area contributed by atoms with Crippen LogP contribution in [-0.4, -0.2) is 28.8 Å². The van der Waals surface area contributed by atoms with E-state index in [4.69, 9.17) is 11.6 Å². The number of nitrogens with one attached hydrogen (secondary N) is 1. The summed E-state index contributed by atoms with van der Waals surface area (Å²) < 4.78 is 14.2. The van der Waals surface area contributed by atoms with E-state index in [9.17, 15) is 14.0 Å². The Hall–Kier alpha value is -2.40. The number of amides is 2. The van der Waals surface area contributed by atoms with E-state index in [1.165, 1.54) is 17.0 Å². The minimum Gasteiger partial charge on any atom is -0.352 e. The summed E-state index contributed by atoms with van der Waals surface area (Å²) in [6.07, 6.45) is 0.577. The maximum absolute atomic E-state index is 14.2. The number of carbonyl (C=O) groups excluding carboxylic acids is 2. The van der Waals surface area contributed by atoms with Gasteiger partial charge in [-0.3, -0.25) is 9.59 Å². The minimum atomic E-state index is -0.706. The Morgan fingerprint density at radius 1 is 1.17 bits per heavy atom. The van der Waals surface area contributed by atoms with Crippen LogP contribution in [0.2, 0.25) is 5.02 Å². The number of nitrogens with zero attached hydrogens (tertiary/aromatic N) is 1. The van der Waals surface area contributed by atoms with Crippen LogP contribution in [0.3, 0.4) is 0 Å². The van der Waals surface area contributed by atoms with Crippen molar-refractivity contribution < 1.29 is 14.0 Å². The van der Waals surface area contributed by atoms with Gasteiger partial charge in [0, 0.05) is 23.2 Å². The highest BCUT2D eigenvalue weighted by Crippen LogP contribution is 2.21. The van der Waals surface area contributed by atoms with Crippen molar-refractivity contribution in [2.24, 2.45) is 0 Å². The summed E-state index contributed by atoms with van der Waals surface area (Å²) in [5, 5.41) is 3.12. The standard InChI is InChI=1S/C23H28ClFN2O2/c1-5-16(3)26-23(29)17(4)27(14-18-9-6-8-15(2)12-18)22(28)13-19-20(24)10-7-11-21(19)25/h6-12,16-17H,5,13-14H2,1-4H3,(H,26,29). The fourth-order valence-electron chi connectivity index (χ4n) is 3.01. The van der Waals surface area contributed by atoms with Crippen LogP contribution in [0.1, 0.15) is 43.9 Å². The largest absolute Gasteiger partial charge is 0.352 e. The fraction of sp³-hybridized carbons (Fsp3) is 0.391. The molecule has 0 aromatic heterocycles.